The predicted octanol–water partition coefficient (Wildman–Crippen LogP) is 4.82. The first-order valence-electron chi connectivity index (χ1n) is 10.0. The molecule has 1 aliphatic heterocycles. The van der Waals surface area contributed by atoms with Crippen LogP contribution < -0.4 is 9.75 Å². The molecule has 7 heteroatoms. The van der Waals surface area contributed by atoms with E-state index in [2.05, 4.69) is 12.0 Å². The van der Waals surface area contributed by atoms with Gasteiger partial charge in [-0.2, -0.15) is 5.10 Å². The molecule has 0 aliphatic carbocycles. The molecule has 0 amide bonds. The van der Waals surface area contributed by atoms with Gasteiger partial charge < -0.3 is 9.84 Å². The lowest BCUT2D eigenvalue weighted by atomic mass is 10.0. The molecule has 0 bridgehead atoms. The summed E-state index contributed by atoms with van der Waals surface area (Å²) in [6.07, 6.45) is 1.61. The molecule has 2 aromatic carbocycles. The molecule has 0 aromatic heterocycles. The van der Waals surface area contributed by atoms with Crippen molar-refractivity contribution in [2.75, 3.05) is 11.6 Å². The Morgan fingerprint density at radius 1 is 1.23 bits per heavy atom. The van der Waals surface area contributed by atoms with E-state index in [1.165, 1.54) is 12.5 Å². The lowest BCUT2D eigenvalue weighted by Gasteiger charge is -2.24. The van der Waals surface area contributed by atoms with E-state index in [9.17, 15) is 13.6 Å². The zero-order valence-corrected chi connectivity index (χ0v) is 17.4. The standard InChI is InChI=1S/C23H26F2N2O3/c1-4-16-5-7-18(8-6-16)27-19(10-15(3)26-27)13-30-22-20(24)11-17(12-21(22)25)9-14(2)23(28)29/h5-8,11-12,14,19H,4,9-10,13H2,1-3H3,(H,28,29)/t14-,19?/m0/s1. The first-order chi connectivity index (χ1) is 14.3. The van der Waals surface area contributed by atoms with E-state index >= 15 is 0 Å². The highest BCUT2D eigenvalue weighted by molar-refractivity contribution is 5.86. The molecule has 1 unspecified atom stereocenters. The summed E-state index contributed by atoms with van der Waals surface area (Å²) >= 11 is 0. The number of hydrogen-bond acceptors (Lipinski definition) is 4. The summed E-state index contributed by atoms with van der Waals surface area (Å²) < 4.78 is 34.4. The number of hydrazone groups is 1. The topological polar surface area (TPSA) is 62.1 Å². The fourth-order valence-corrected chi connectivity index (χ4v) is 3.50. The Bertz CT molecular complexity index is 921. The molecule has 2 atom stereocenters. The van der Waals surface area contributed by atoms with Crippen molar-refractivity contribution in [1.82, 2.24) is 0 Å². The van der Waals surface area contributed by atoms with Crippen LogP contribution >= 0.6 is 0 Å². The average Bonchev–Trinajstić information content (AvgIpc) is 3.07. The van der Waals surface area contributed by atoms with Crippen molar-refractivity contribution in [2.45, 2.75) is 46.1 Å². The zero-order valence-electron chi connectivity index (χ0n) is 17.4. The van der Waals surface area contributed by atoms with Gasteiger partial charge in [-0.15, -0.1) is 0 Å². The SMILES string of the molecule is CCc1ccc(N2N=C(C)CC2COc2c(F)cc(C[C@H](C)C(=O)O)cc2F)cc1. The molecule has 0 fully saturated rings. The molecular weight excluding hydrogens is 390 g/mol. The Balaban J connectivity index is 1.71. The van der Waals surface area contributed by atoms with Crippen molar-refractivity contribution in [3.8, 4) is 5.75 Å². The third-order valence-electron chi connectivity index (χ3n) is 5.21. The highest BCUT2D eigenvalue weighted by Gasteiger charge is 2.27. The Morgan fingerprint density at radius 2 is 1.87 bits per heavy atom. The van der Waals surface area contributed by atoms with Crippen LogP contribution in [0.4, 0.5) is 14.5 Å². The number of benzene rings is 2. The quantitative estimate of drug-likeness (QED) is 0.670. The van der Waals surface area contributed by atoms with Crippen molar-refractivity contribution in [2.24, 2.45) is 11.0 Å². The molecule has 1 N–H and O–H groups in total. The van der Waals surface area contributed by atoms with Crippen LogP contribution in [0, 0.1) is 17.6 Å². The van der Waals surface area contributed by atoms with Gasteiger partial charge in [-0.25, -0.2) is 8.78 Å². The Hall–Kier alpha value is -2.96. The van der Waals surface area contributed by atoms with Crippen molar-refractivity contribution >= 4 is 17.4 Å². The summed E-state index contributed by atoms with van der Waals surface area (Å²) in [5, 5.41) is 15.4. The minimum absolute atomic E-state index is 0.0423. The number of carbonyl (C=O) groups is 1. The van der Waals surface area contributed by atoms with Gasteiger partial charge in [0.2, 0.25) is 0 Å². The van der Waals surface area contributed by atoms with Crippen LogP contribution in [0.5, 0.6) is 5.75 Å². The molecule has 160 valence electrons. The van der Waals surface area contributed by atoms with Crippen LogP contribution in [-0.4, -0.2) is 29.4 Å². The summed E-state index contributed by atoms with van der Waals surface area (Å²) in [5.74, 6) is -3.87. The molecular formula is C23H26F2N2O3. The lowest BCUT2D eigenvalue weighted by molar-refractivity contribution is -0.141. The summed E-state index contributed by atoms with van der Waals surface area (Å²) in [4.78, 5) is 11.0. The monoisotopic (exact) mass is 416 g/mol. The second-order valence-corrected chi connectivity index (χ2v) is 7.70. The van der Waals surface area contributed by atoms with Gasteiger partial charge in [0, 0.05) is 12.1 Å². The van der Waals surface area contributed by atoms with E-state index in [4.69, 9.17) is 9.84 Å². The summed E-state index contributed by atoms with van der Waals surface area (Å²) in [6, 6.07) is 10.1. The van der Waals surface area contributed by atoms with Gasteiger partial charge in [-0.05, 0) is 55.2 Å². The van der Waals surface area contributed by atoms with Crippen LogP contribution in [0.2, 0.25) is 0 Å². The number of carboxylic acid groups (broad SMARTS) is 1. The summed E-state index contributed by atoms with van der Waals surface area (Å²) in [5.41, 5.74) is 3.32. The number of aliphatic carboxylic acids is 1. The van der Waals surface area contributed by atoms with E-state index in [1.807, 2.05) is 36.2 Å². The number of rotatable bonds is 8. The normalized spacial score (nSPS) is 17.0. The van der Waals surface area contributed by atoms with Gasteiger partial charge in [0.1, 0.15) is 6.61 Å². The lowest BCUT2D eigenvalue weighted by Crippen LogP contribution is -2.32. The molecule has 3 rings (SSSR count). The van der Waals surface area contributed by atoms with Gasteiger partial charge in [0.05, 0.1) is 17.6 Å². The van der Waals surface area contributed by atoms with Crippen LogP contribution in [0.15, 0.2) is 41.5 Å². The van der Waals surface area contributed by atoms with Crippen LogP contribution in [-0.2, 0) is 17.6 Å². The van der Waals surface area contributed by atoms with Gasteiger partial charge in [0.15, 0.2) is 17.4 Å². The summed E-state index contributed by atoms with van der Waals surface area (Å²) in [6.45, 7) is 5.55. The number of hydrogen-bond donors (Lipinski definition) is 1. The van der Waals surface area contributed by atoms with E-state index in [1.54, 1.807) is 0 Å². The molecule has 2 aromatic rings. The van der Waals surface area contributed by atoms with E-state index in [0.29, 0.717) is 6.42 Å². The Kier molecular flexibility index (Phi) is 6.70. The smallest absolute Gasteiger partial charge is 0.306 e. The van der Waals surface area contributed by atoms with Crippen molar-refractivity contribution in [3.63, 3.8) is 0 Å². The highest BCUT2D eigenvalue weighted by atomic mass is 19.1. The maximum Gasteiger partial charge on any atom is 0.306 e. The van der Waals surface area contributed by atoms with Crippen LogP contribution in [0.3, 0.4) is 0 Å². The fourth-order valence-electron chi connectivity index (χ4n) is 3.50. The largest absolute Gasteiger partial charge is 0.485 e. The second kappa shape index (κ2) is 9.24. The first kappa shape index (κ1) is 21.7. The van der Waals surface area contributed by atoms with Crippen LogP contribution in [0.1, 0.15) is 38.3 Å². The second-order valence-electron chi connectivity index (χ2n) is 7.70. The molecule has 0 radical (unpaired) electrons. The highest BCUT2D eigenvalue weighted by Crippen LogP contribution is 2.28. The van der Waals surface area contributed by atoms with E-state index in [0.717, 1.165) is 30.0 Å². The van der Waals surface area contributed by atoms with Gasteiger partial charge in [0.25, 0.3) is 0 Å². The minimum Gasteiger partial charge on any atom is -0.485 e. The maximum absolute atomic E-state index is 14.5. The average molecular weight is 416 g/mol. The minimum atomic E-state index is -1.01. The number of anilines is 1. The Labute approximate surface area is 175 Å². The molecule has 0 saturated carbocycles. The number of aryl methyl sites for hydroxylation is 1. The number of nitrogens with zero attached hydrogens (tertiary/aromatic N) is 2. The summed E-state index contributed by atoms with van der Waals surface area (Å²) in [7, 11) is 0. The number of halogens is 2. The Morgan fingerprint density at radius 3 is 2.43 bits per heavy atom. The van der Waals surface area contributed by atoms with Crippen molar-refractivity contribution in [3.05, 3.63) is 59.2 Å². The molecule has 1 aliphatic rings. The first-order valence-corrected chi connectivity index (χ1v) is 10.0. The third kappa shape index (κ3) is 4.96. The van der Waals surface area contributed by atoms with Gasteiger partial charge in [-0.1, -0.05) is 26.0 Å². The van der Waals surface area contributed by atoms with Gasteiger partial charge >= 0.3 is 5.97 Å². The molecule has 1 heterocycles. The molecule has 0 spiro atoms. The third-order valence-corrected chi connectivity index (χ3v) is 5.21. The maximum atomic E-state index is 14.5. The van der Waals surface area contributed by atoms with Crippen LogP contribution in [0.25, 0.3) is 0 Å². The predicted molar refractivity (Wildman–Crippen MR) is 112 cm³/mol. The molecule has 0 saturated heterocycles. The molecule has 5 nitrogen and oxygen atoms in total. The number of ether oxygens (including phenoxy) is 1. The van der Waals surface area contributed by atoms with Gasteiger partial charge in [-0.3, -0.25) is 9.80 Å². The van der Waals surface area contributed by atoms with E-state index < -0.39 is 29.3 Å². The van der Waals surface area contributed by atoms with Crippen molar-refractivity contribution in [1.29, 1.82) is 0 Å². The van der Waals surface area contributed by atoms with Crippen molar-refractivity contribution < 1.29 is 23.4 Å². The van der Waals surface area contributed by atoms with E-state index in [-0.39, 0.29) is 24.6 Å². The zero-order chi connectivity index (χ0) is 21.8. The fraction of sp³-hybridized carbons (Fsp3) is 0.391. The molecule has 30 heavy (non-hydrogen) atoms. The number of carboxylic acids is 1.